The molecule has 26 heavy (non-hydrogen) atoms. The quantitative estimate of drug-likeness (QED) is 0.637. The lowest BCUT2D eigenvalue weighted by molar-refractivity contribution is 0.0998. The van der Waals surface area contributed by atoms with Gasteiger partial charge in [-0.1, -0.05) is 12.1 Å². The number of hydrogen-bond donors (Lipinski definition) is 0. The van der Waals surface area contributed by atoms with E-state index in [0.717, 1.165) is 16.1 Å². The van der Waals surface area contributed by atoms with Crippen LogP contribution in [0, 0.1) is 26.6 Å². The summed E-state index contributed by atoms with van der Waals surface area (Å²) < 4.78 is 15.1. The molecule has 0 fully saturated rings. The zero-order valence-electron chi connectivity index (χ0n) is 15.3. The van der Waals surface area contributed by atoms with E-state index in [-0.39, 0.29) is 11.7 Å². The molecule has 1 aromatic heterocycles. The van der Waals surface area contributed by atoms with Crippen LogP contribution in [0.3, 0.4) is 0 Å². The van der Waals surface area contributed by atoms with Crippen molar-refractivity contribution in [2.45, 2.75) is 34.2 Å². The van der Waals surface area contributed by atoms with E-state index < -0.39 is 0 Å². The first kappa shape index (κ1) is 18.3. The predicted molar refractivity (Wildman–Crippen MR) is 104 cm³/mol. The number of carbonyl (C=O) groups excluding carboxylic acids is 1. The van der Waals surface area contributed by atoms with Crippen molar-refractivity contribution in [1.82, 2.24) is 4.57 Å². The summed E-state index contributed by atoms with van der Waals surface area (Å²) in [4.78, 5) is 18.5. The molecule has 0 N–H and O–H groups in total. The third-order valence-corrected chi connectivity index (χ3v) is 5.46. The van der Waals surface area contributed by atoms with Crippen LogP contribution in [0.25, 0.3) is 11.3 Å². The number of halogens is 1. The molecule has 3 nitrogen and oxygen atoms in total. The summed E-state index contributed by atoms with van der Waals surface area (Å²) in [6.45, 7) is 8.98. The Hall–Kier alpha value is -2.53. The lowest BCUT2D eigenvalue weighted by Crippen LogP contribution is -2.17. The lowest BCUT2D eigenvalue weighted by Gasteiger charge is -2.09. The fourth-order valence-corrected chi connectivity index (χ4v) is 3.95. The molecule has 134 valence electrons. The minimum absolute atomic E-state index is 0.361. The zero-order valence-corrected chi connectivity index (χ0v) is 16.2. The maximum atomic E-state index is 13.1. The fraction of sp³-hybridized carbons (Fsp3) is 0.238. The van der Waals surface area contributed by atoms with Crippen molar-refractivity contribution in [3.05, 3.63) is 74.7 Å². The number of carbonyl (C=O) groups is 1. The van der Waals surface area contributed by atoms with Crippen LogP contribution in [-0.4, -0.2) is 10.5 Å². The van der Waals surface area contributed by atoms with Crippen molar-refractivity contribution in [3.63, 3.8) is 0 Å². The van der Waals surface area contributed by atoms with Gasteiger partial charge in [-0.2, -0.15) is 4.99 Å². The van der Waals surface area contributed by atoms with Crippen molar-refractivity contribution in [2.24, 2.45) is 4.99 Å². The van der Waals surface area contributed by atoms with E-state index in [1.54, 1.807) is 0 Å². The van der Waals surface area contributed by atoms with Gasteiger partial charge in [-0.05, 0) is 74.7 Å². The Balaban J connectivity index is 2.10. The molecule has 0 aliphatic heterocycles. The van der Waals surface area contributed by atoms with Gasteiger partial charge >= 0.3 is 0 Å². The number of aromatic nitrogens is 1. The summed E-state index contributed by atoms with van der Waals surface area (Å²) in [6.07, 6.45) is 0. The summed E-state index contributed by atoms with van der Waals surface area (Å²) in [5, 5.41) is 0. The second-order valence-corrected chi connectivity index (χ2v) is 7.44. The second kappa shape index (κ2) is 7.38. The number of hydrogen-bond acceptors (Lipinski definition) is 2. The molecule has 0 radical (unpaired) electrons. The second-order valence-electron chi connectivity index (χ2n) is 6.26. The SMILES string of the molecule is CCn1c(-c2ccc(C)c(C)c2)c(C)sc1=NC(=O)c1ccc(F)cc1. The standard InChI is InChI=1S/C21H21FN2OS/c1-5-24-19(17-7-6-13(2)14(3)12-17)15(4)26-21(24)23-20(25)16-8-10-18(22)11-9-16/h6-12H,5H2,1-4H3. The third-order valence-electron chi connectivity index (χ3n) is 4.46. The Morgan fingerprint density at radius 1 is 1.08 bits per heavy atom. The molecule has 1 heterocycles. The van der Waals surface area contributed by atoms with Gasteiger partial charge in [0.1, 0.15) is 5.82 Å². The van der Waals surface area contributed by atoms with Crippen LogP contribution in [0.15, 0.2) is 47.5 Å². The van der Waals surface area contributed by atoms with Gasteiger partial charge in [-0.25, -0.2) is 4.39 Å². The third kappa shape index (κ3) is 3.53. The van der Waals surface area contributed by atoms with Gasteiger partial charge in [-0.15, -0.1) is 11.3 Å². The predicted octanol–water partition coefficient (Wildman–Crippen LogP) is 5.04. The van der Waals surface area contributed by atoms with Crippen LogP contribution in [0.4, 0.5) is 4.39 Å². The fourth-order valence-electron chi connectivity index (χ4n) is 2.89. The molecule has 0 atom stereocenters. The molecule has 2 aromatic carbocycles. The molecule has 0 spiro atoms. The molecule has 1 amide bonds. The Labute approximate surface area is 156 Å². The van der Waals surface area contributed by atoms with Crippen LogP contribution in [-0.2, 0) is 6.54 Å². The highest BCUT2D eigenvalue weighted by Gasteiger charge is 2.14. The van der Waals surface area contributed by atoms with Gasteiger partial charge < -0.3 is 4.57 Å². The molecule has 0 aliphatic rings. The van der Waals surface area contributed by atoms with Crippen LogP contribution in [0.5, 0.6) is 0 Å². The van der Waals surface area contributed by atoms with E-state index in [4.69, 9.17) is 0 Å². The van der Waals surface area contributed by atoms with Gasteiger partial charge in [0.2, 0.25) is 0 Å². The maximum Gasteiger partial charge on any atom is 0.279 e. The molecule has 3 rings (SSSR count). The van der Waals surface area contributed by atoms with Crippen LogP contribution in [0.2, 0.25) is 0 Å². The Morgan fingerprint density at radius 2 is 1.77 bits per heavy atom. The number of thiazole rings is 1. The highest BCUT2D eigenvalue weighted by molar-refractivity contribution is 7.09. The summed E-state index contributed by atoms with van der Waals surface area (Å²) in [5.74, 6) is -0.728. The number of benzene rings is 2. The molecule has 0 unspecified atom stereocenters. The van der Waals surface area contributed by atoms with Crippen molar-refractivity contribution in [3.8, 4) is 11.3 Å². The summed E-state index contributed by atoms with van der Waals surface area (Å²) in [7, 11) is 0. The van der Waals surface area contributed by atoms with E-state index in [1.165, 1.54) is 46.7 Å². The highest BCUT2D eigenvalue weighted by Crippen LogP contribution is 2.27. The molecule has 0 saturated carbocycles. The molecule has 0 aliphatic carbocycles. The summed E-state index contributed by atoms with van der Waals surface area (Å²) in [5.41, 5.74) is 5.08. The lowest BCUT2D eigenvalue weighted by atomic mass is 10.0. The summed E-state index contributed by atoms with van der Waals surface area (Å²) >= 11 is 1.50. The van der Waals surface area contributed by atoms with E-state index >= 15 is 0 Å². The Kier molecular flexibility index (Phi) is 5.18. The van der Waals surface area contributed by atoms with E-state index in [9.17, 15) is 9.18 Å². The monoisotopic (exact) mass is 368 g/mol. The number of aryl methyl sites for hydroxylation is 3. The first-order chi connectivity index (χ1) is 12.4. The summed E-state index contributed by atoms with van der Waals surface area (Å²) in [6, 6.07) is 11.9. The van der Waals surface area contributed by atoms with E-state index in [2.05, 4.69) is 41.6 Å². The normalized spacial score (nSPS) is 11.8. The largest absolute Gasteiger partial charge is 0.316 e. The van der Waals surface area contributed by atoms with Gasteiger partial charge in [0, 0.05) is 17.0 Å². The molecule has 0 bridgehead atoms. The van der Waals surface area contributed by atoms with Gasteiger partial charge in [0.15, 0.2) is 4.80 Å². The molecular formula is C21H21FN2OS. The van der Waals surface area contributed by atoms with E-state index in [1.807, 2.05) is 13.8 Å². The first-order valence-electron chi connectivity index (χ1n) is 8.53. The van der Waals surface area contributed by atoms with Crippen LogP contribution in [0.1, 0.15) is 33.3 Å². The van der Waals surface area contributed by atoms with Crippen LogP contribution < -0.4 is 4.80 Å². The average molecular weight is 368 g/mol. The van der Waals surface area contributed by atoms with Crippen LogP contribution >= 0.6 is 11.3 Å². The zero-order chi connectivity index (χ0) is 18.8. The number of rotatable bonds is 3. The van der Waals surface area contributed by atoms with E-state index in [0.29, 0.717) is 16.9 Å². The Bertz CT molecular complexity index is 1030. The van der Waals surface area contributed by atoms with Crippen molar-refractivity contribution < 1.29 is 9.18 Å². The number of amides is 1. The topological polar surface area (TPSA) is 34.4 Å². The molecular weight excluding hydrogens is 347 g/mol. The molecule has 0 saturated heterocycles. The minimum Gasteiger partial charge on any atom is -0.316 e. The maximum absolute atomic E-state index is 13.1. The minimum atomic E-state index is -0.367. The van der Waals surface area contributed by atoms with Gasteiger partial charge in [0.05, 0.1) is 5.69 Å². The van der Waals surface area contributed by atoms with Crippen molar-refractivity contribution in [2.75, 3.05) is 0 Å². The molecule has 3 aromatic rings. The van der Waals surface area contributed by atoms with Gasteiger partial charge in [-0.3, -0.25) is 4.79 Å². The first-order valence-corrected chi connectivity index (χ1v) is 9.35. The smallest absolute Gasteiger partial charge is 0.279 e. The van der Waals surface area contributed by atoms with Crippen molar-refractivity contribution in [1.29, 1.82) is 0 Å². The molecule has 5 heteroatoms. The Morgan fingerprint density at radius 3 is 2.38 bits per heavy atom. The van der Waals surface area contributed by atoms with Crippen molar-refractivity contribution >= 4 is 17.2 Å². The average Bonchev–Trinajstić information content (AvgIpc) is 2.93. The highest BCUT2D eigenvalue weighted by atomic mass is 32.1. The van der Waals surface area contributed by atoms with Gasteiger partial charge in [0.25, 0.3) is 5.91 Å². The number of nitrogens with zero attached hydrogens (tertiary/aromatic N) is 2.